The molecular weight excluding hydrogens is 931 g/mol. The van der Waals surface area contributed by atoms with Gasteiger partial charge in [0, 0.05) is 63.9 Å². The van der Waals surface area contributed by atoms with Gasteiger partial charge in [0.2, 0.25) is 0 Å². The number of rotatable bonds is 9. The molecule has 9 aromatic rings. The largest absolute Gasteiger partial charge is 0.299 e. The highest BCUT2D eigenvalue weighted by Crippen LogP contribution is 2.30. The minimum absolute atomic E-state index is 0.0159. The predicted octanol–water partition coefficient (Wildman–Crippen LogP) is 10.1. The van der Waals surface area contributed by atoms with E-state index in [2.05, 4.69) is 40.8 Å². The molecular formula is C43H28BrCl2F2N7O4S2. The Labute approximate surface area is 366 Å². The highest BCUT2D eigenvalue weighted by atomic mass is 79.9. The molecule has 0 N–H and O–H groups in total. The van der Waals surface area contributed by atoms with Gasteiger partial charge in [-0.1, -0.05) is 23.2 Å². The van der Waals surface area contributed by atoms with Gasteiger partial charge in [-0.2, -0.15) is 0 Å². The number of pyridine rings is 5. The van der Waals surface area contributed by atoms with Gasteiger partial charge in [-0.05, 0) is 124 Å². The molecule has 61 heavy (non-hydrogen) atoms. The number of halogens is 5. The molecule has 0 aliphatic heterocycles. The number of nitrogens with zero attached hydrogens (tertiary/aromatic N) is 7. The average molecular weight is 960 g/mol. The fourth-order valence-electron chi connectivity index (χ4n) is 6.41. The fourth-order valence-corrected chi connectivity index (χ4v) is 9.94. The lowest BCUT2D eigenvalue weighted by Crippen LogP contribution is -2.06. The summed E-state index contributed by atoms with van der Waals surface area (Å²) < 4.78 is 82.0. The van der Waals surface area contributed by atoms with Gasteiger partial charge in [0.05, 0.1) is 45.1 Å². The maximum atomic E-state index is 13.2. The van der Waals surface area contributed by atoms with Crippen LogP contribution in [0.15, 0.2) is 161 Å². The molecule has 0 aliphatic rings. The summed E-state index contributed by atoms with van der Waals surface area (Å²) in [5.41, 5.74) is 7.00. The Bertz CT molecular complexity index is 3300. The molecule has 0 saturated carbocycles. The first-order valence-electron chi connectivity index (χ1n) is 18.0. The number of fused-ring (bicyclic) bond motifs is 2. The second-order valence-corrected chi connectivity index (χ2v) is 19.1. The maximum Gasteiger partial charge on any atom is 0.182 e. The first-order valence-corrected chi connectivity index (χ1v) is 22.9. The van der Waals surface area contributed by atoms with Gasteiger partial charge in [-0.25, -0.2) is 45.6 Å². The molecule has 0 amide bonds. The van der Waals surface area contributed by atoms with Crippen LogP contribution in [0.5, 0.6) is 0 Å². The normalized spacial score (nSPS) is 11.8. The number of imidazole rings is 2. The number of sulfone groups is 2. The van der Waals surface area contributed by atoms with Crippen molar-refractivity contribution < 1.29 is 25.6 Å². The zero-order valence-electron chi connectivity index (χ0n) is 31.2. The fraction of sp³-hybridized carbons (Fsp3) is 0.0465. The minimum atomic E-state index is -3.74. The summed E-state index contributed by atoms with van der Waals surface area (Å²) >= 11 is 15.8. The highest BCUT2D eigenvalue weighted by Gasteiger charge is 2.21. The third-order valence-electron chi connectivity index (χ3n) is 9.44. The van der Waals surface area contributed by atoms with Crippen molar-refractivity contribution in [2.45, 2.75) is 21.3 Å². The standard InChI is InChI=1S/C24H16ClFN4O2S.C19H12BrClFN3O2S/c25-24-19(15-33(31,32)21-4-2-20(26)3-5-21)11-18(12-29-24)22-13-28-23-6-1-17(14-30(22)23)16-7-9-27-10-8-16;20-14-1-6-18-23-9-17(25(18)10-14)12-7-13(19(21)24-8-12)11-28(26,27)16-4-2-15(22)3-5-16/h1-14H,15H2;1-10H,11H2. The number of hydrogen-bond acceptors (Lipinski definition) is 9. The van der Waals surface area contributed by atoms with Crippen LogP contribution in [0.4, 0.5) is 8.78 Å². The van der Waals surface area contributed by atoms with Crippen LogP contribution in [0.25, 0.3) is 44.9 Å². The molecule has 7 aromatic heterocycles. The lowest BCUT2D eigenvalue weighted by atomic mass is 10.1. The van der Waals surface area contributed by atoms with E-state index in [1.54, 1.807) is 49.3 Å². The molecule has 0 spiro atoms. The SMILES string of the molecule is O=S(=O)(Cc1cc(-c2cnc3ccc(-c4ccncc4)cn23)cnc1Cl)c1ccc(F)cc1.O=S(=O)(Cc1cc(-c2cnc3ccc(Br)cn23)cnc1Cl)c1ccc(F)cc1. The molecule has 0 bridgehead atoms. The molecule has 306 valence electrons. The van der Waals surface area contributed by atoms with Crippen molar-refractivity contribution in [1.29, 1.82) is 0 Å². The number of hydrogen-bond donors (Lipinski definition) is 0. The van der Waals surface area contributed by atoms with E-state index in [0.717, 1.165) is 62.5 Å². The summed E-state index contributed by atoms with van der Waals surface area (Å²) in [7, 11) is -7.45. The Hall–Kier alpha value is -5.91. The Morgan fingerprint density at radius 2 is 0.984 bits per heavy atom. The molecule has 0 aliphatic carbocycles. The van der Waals surface area contributed by atoms with E-state index in [-0.39, 0.29) is 31.6 Å². The highest BCUT2D eigenvalue weighted by molar-refractivity contribution is 9.10. The van der Waals surface area contributed by atoms with Crippen LogP contribution in [0.2, 0.25) is 10.3 Å². The van der Waals surface area contributed by atoms with Gasteiger partial charge >= 0.3 is 0 Å². The zero-order valence-corrected chi connectivity index (χ0v) is 36.0. The summed E-state index contributed by atoms with van der Waals surface area (Å²) in [6, 6.07) is 24.2. The molecule has 0 radical (unpaired) electrons. The smallest absolute Gasteiger partial charge is 0.182 e. The van der Waals surface area contributed by atoms with E-state index in [1.807, 2.05) is 57.6 Å². The van der Waals surface area contributed by atoms with Crippen molar-refractivity contribution >= 4 is 70.1 Å². The summed E-state index contributed by atoms with van der Waals surface area (Å²) in [6.07, 6.45) is 13.8. The first kappa shape index (κ1) is 41.8. The quantitative estimate of drug-likeness (QED) is 0.102. The van der Waals surface area contributed by atoms with Gasteiger partial charge in [0.1, 0.15) is 33.2 Å². The molecule has 0 saturated heterocycles. The summed E-state index contributed by atoms with van der Waals surface area (Å²) in [5.74, 6) is -1.72. The molecule has 9 rings (SSSR count). The van der Waals surface area contributed by atoms with Crippen molar-refractivity contribution in [2.75, 3.05) is 0 Å². The molecule has 7 heterocycles. The Kier molecular flexibility index (Phi) is 11.8. The number of aromatic nitrogens is 7. The van der Waals surface area contributed by atoms with Gasteiger partial charge in [0.25, 0.3) is 0 Å². The Balaban J connectivity index is 0.000000171. The van der Waals surface area contributed by atoms with Crippen molar-refractivity contribution in [3.63, 3.8) is 0 Å². The van der Waals surface area contributed by atoms with Gasteiger partial charge in [-0.15, -0.1) is 0 Å². The van der Waals surface area contributed by atoms with Crippen LogP contribution in [-0.2, 0) is 31.2 Å². The van der Waals surface area contributed by atoms with Crippen LogP contribution in [0, 0.1) is 11.6 Å². The number of benzene rings is 2. The van der Waals surface area contributed by atoms with Crippen molar-refractivity contribution in [3.8, 4) is 33.6 Å². The first-order chi connectivity index (χ1) is 29.2. The van der Waals surface area contributed by atoms with Crippen molar-refractivity contribution in [1.82, 2.24) is 33.7 Å². The summed E-state index contributed by atoms with van der Waals surface area (Å²) in [4.78, 5) is 21.2. The molecule has 2 aromatic carbocycles. The maximum absolute atomic E-state index is 13.2. The van der Waals surface area contributed by atoms with Crippen LogP contribution in [0.3, 0.4) is 0 Å². The molecule has 0 atom stereocenters. The van der Waals surface area contributed by atoms with Crippen LogP contribution >= 0.6 is 39.1 Å². The predicted molar refractivity (Wildman–Crippen MR) is 232 cm³/mol. The molecule has 0 fully saturated rings. The second-order valence-electron chi connectivity index (χ2n) is 13.5. The minimum Gasteiger partial charge on any atom is -0.299 e. The average Bonchev–Trinajstić information content (AvgIpc) is 3.87. The zero-order chi connectivity index (χ0) is 42.9. The van der Waals surface area contributed by atoms with Crippen LogP contribution in [0.1, 0.15) is 11.1 Å². The topological polar surface area (TPSA) is 142 Å². The van der Waals surface area contributed by atoms with E-state index in [9.17, 15) is 25.6 Å². The Morgan fingerprint density at radius 1 is 0.525 bits per heavy atom. The van der Waals surface area contributed by atoms with E-state index < -0.39 is 31.3 Å². The monoisotopic (exact) mass is 957 g/mol. The third kappa shape index (κ3) is 9.23. The Morgan fingerprint density at radius 3 is 1.48 bits per heavy atom. The second kappa shape index (κ2) is 17.2. The van der Waals surface area contributed by atoms with Gasteiger partial charge in [-0.3, -0.25) is 13.8 Å². The lowest BCUT2D eigenvalue weighted by Gasteiger charge is -2.09. The van der Waals surface area contributed by atoms with Crippen LogP contribution in [-0.4, -0.2) is 50.6 Å². The molecule has 0 unspecified atom stereocenters. The lowest BCUT2D eigenvalue weighted by molar-refractivity contribution is 0.592. The van der Waals surface area contributed by atoms with E-state index in [1.165, 1.54) is 24.3 Å². The summed E-state index contributed by atoms with van der Waals surface area (Å²) in [6.45, 7) is 0. The van der Waals surface area contributed by atoms with E-state index in [0.29, 0.717) is 22.3 Å². The third-order valence-corrected chi connectivity index (χ3v) is 14.0. The van der Waals surface area contributed by atoms with Crippen LogP contribution < -0.4 is 0 Å². The van der Waals surface area contributed by atoms with Gasteiger partial charge < -0.3 is 0 Å². The van der Waals surface area contributed by atoms with E-state index >= 15 is 0 Å². The van der Waals surface area contributed by atoms with Crippen molar-refractivity contribution in [3.05, 3.63) is 184 Å². The van der Waals surface area contributed by atoms with E-state index in [4.69, 9.17) is 23.2 Å². The van der Waals surface area contributed by atoms with Crippen molar-refractivity contribution in [2.24, 2.45) is 0 Å². The molecule has 11 nitrogen and oxygen atoms in total. The molecule has 18 heteroatoms. The summed E-state index contributed by atoms with van der Waals surface area (Å²) in [5, 5.41) is 0.195. The van der Waals surface area contributed by atoms with Gasteiger partial charge in [0.15, 0.2) is 19.7 Å².